The summed E-state index contributed by atoms with van der Waals surface area (Å²) in [4.78, 5) is 4.90. The lowest BCUT2D eigenvalue weighted by molar-refractivity contribution is 0.298. The molecule has 0 aliphatic carbocycles. The summed E-state index contributed by atoms with van der Waals surface area (Å²) < 4.78 is 19.1. The summed E-state index contributed by atoms with van der Waals surface area (Å²) in [6.45, 7) is 5.68. The number of benzene rings is 3. The molecule has 0 aliphatic heterocycles. The summed E-state index contributed by atoms with van der Waals surface area (Å²) >= 11 is 0. The van der Waals surface area contributed by atoms with E-state index in [4.69, 9.17) is 19.2 Å². The van der Waals surface area contributed by atoms with Gasteiger partial charge in [-0.1, -0.05) is 44.2 Å². The molecule has 32 heavy (non-hydrogen) atoms. The number of methoxy groups -OCH3 is 2. The molecule has 0 radical (unpaired) electrons. The Labute approximate surface area is 189 Å². The van der Waals surface area contributed by atoms with Crippen molar-refractivity contribution < 1.29 is 14.2 Å². The predicted octanol–water partition coefficient (Wildman–Crippen LogP) is 5.85. The number of fused-ring (bicyclic) bond motifs is 1. The topological polar surface area (TPSA) is 45.5 Å². The predicted molar refractivity (Wildman–Crippen MR) is 128 cm³/mol. The molecule has 0 saturated carbocycles. The smallest absolute Gasteiger partial charge is 0.161 e. The number of aromatic nitrogens is 2. The minimum Gasteiger partial charge on any atom is -0.493 e. The monoisotopic (exact) mass is 430 g/mol. The van der Waals surface area contributed by atoms with Gasteiger partial charge in [0.15, 0.2) is 11.5 Å². The number of ether oxygens (including phenoxy) is 3. The first-order valence-electron chi connectivity index (χ1n) is 11.0. The lowest BCUT2D eigenvalue weighted by Gasteiger charge is -2.13. The highest BCUT2D eigenvalue weighted by Gasteiger charge is 2.13. The number of hydrogen-bond donors (Lipinski definition) is 0. The molecule has 0 aliphatic rings. The molecule has 5 nitrogen and oxygen atoms in total. The molecule has 0 amide bonds. The Hall–Kier alpha value is -3.47. The molecule has 166 valence electrons. The van der Waals surface area contributed by atoms with Crippen molar-refractivity contribution in [3.63, 3.8) is 0 Å². The molecule has 0 bridgehead atoms. The van der Waals surface area contributed by atoms with Crippen molar-refractivity contribution in [2.75, 3.05) is 20.8 Å². The zero-order valence-electron chi connectivity index (χ0n) is 19.2. The van der Waals surface area contributed by atoms with Gasteiger partial charge in [0.1, 0.15) is 18.2 Å². The molecule has 1 heterocycles. The van der Waals surface area contributed by atoms with Crippen LogP contribution in [-0.4, -0.2) is 30.4 Å². The van der Waals surface area contributed by atoms with Crippen molar-refractivity contribution in [1.29, 1.82) is 0 Å². The lowest BCUT2D eigenvalue weighted by atomic mass is 10.0. The van der Waals surface area contributed by atoms with Crippen LogP contribution in [0.15, 0.2) is 66.7 Å². The highest BCUT2D eigenvalue weighted by molar-refractivity contribution is 5.76. The second-order valence-corrected chi connectivity index (χ2v) is 8.11. The van der Waals surface area contributed by atoms with Crippen molar-refractivity contribution >= 4 is 11.0 Å². The molecule has 1 aromatic heterocycles. The molecular formula is C27H30N2O3. The largest absolute Gasteiger partial charge is 0.493 e. The van der Waals surface area contributed by atoms with Crippen LogP contribution in [0.1, 0.15) is 36.7 Å². The molecular weight excluding hydrogens is 400 g/mol. The highest BCUT2D eigenvalue weighted by Crippen LogP contribution is 2.29. The summed E-state index contributed by atoms with van der Waals surface area (Å²) in [7, 11) is 3.30. The molecule has 0 unspecified atom stereocenters. The van der Waals surface area contributed by atoms with Crippen LogP contribution in [0.4, 0.5) is 0 Å². The van der Waals surface area contributed by atoms with Gasteiger partial charge >= 0.3 is 0 Å². The summed E-state index contributed by atoms with van der Waals surface area (Å²) in [5, 5.41) is 0. The number of hydrogen-bond acceptors (Lipinski definition) is 4. The van der Waals surface area contributed by atoms with Gasteiger partial charge in [-0.05, 0) is 53.4 Å². The van der Waals surface area contributed by atoms with Crippen LogP contribution in [0, 0.1) is 0 Å². The number of rotatable bonds is 9. The molecule has 3 aromatic carbocycles. The Balaban J connectivity index is 1.54. The van der Waals surface area contributed by atoms with E-state index in [9.17, 15) is 0 Å². The van der Waals surface area contributed by atoms with E-state index in [2.05, 4.69) is 48.7 Å². The quantitative estimate of drug-likeness (QED) is 0.334. The van der Waals surface area contributed by atoms with Gasteiger partial charge in [-0.15, -0.1) is 0 Å². The minimum absolute atomic E-state index is 0.514. The van der Waals surface area contributed by atoms with Crippen molar-refractivity contribution in [3.8, 4) is 17.2 Å². The Morgan fingerprint density at radius 2 is 1.62 bits per heavy atom. The first-order valence-corrected chi connectivity index (χ1v) is 11.0. The van der Waals surface area contributed by atoms with Crippen molar-refractivity contribution in [2.24, 2.45) is 0 Å². The fourth-order valence-electron chi connectivity index (χ4n) is 3.89. The third kappa shape index (κ3) is 4.72. The number of nitrogens with zero attached hydrogens (tertiary/aromatic N) is 2. The summed E-state index contributed by atoms with van der Waals surface area (Å²) in [5.74, 6) is 3.85. The highest BCUT2D eigenvalue weighted by atomic mass is 16.5. The van der Waals surface area contributed by atoms with Crippen LogP contribution >= 0.6 is 0 Å². The van der Waals surface area contributed by atoms with E-state index < -0.39 is 0 Å². The molecule has 0 saturated heterocycles. The zero-order valence-corrected chi connectivity index (χ0v) is 19.2. The first kappa shape index (κ1) is 21.8. The van der Waals surface area contributed by atoms with E-state index >= 15 is 0 Å². The van der Waals surface area contributed by atoms with Crippen LogP contribution in [-0.2, 0) is 13.0 Å². The Morgan fingerprint density at radius 3 is 2.34 bits per heavy atom. The van der Waals surface area contributed by atoms with Gasteiger partial charge in [-0.2, -0.15) is 0 Å². The lowest BCUT2D eigenvalue weighted by Crippen LogP contribution is -2.11. The first-order chi connectivity index (χ1) is 15.6. The minimum atomic E-state index is 0.514. The van der Waals surface area contributed by atoms with Crippen molar-refractivity contribution in [2.45, 2.75) is 32.7 Å². The zero-order chi connectivity index (χ0) is 22.5. The Bertz CT molecular complexity index is 1180. The van der Waals surface area contributed by atoms with E-state index in [1.54, 1.807) is 14.2 Å². The van der Waals surface area contributed by atoms with Crippen LogP contribution in [0.3, 0.4) is 0 Å². The van der Waals surface area contributed by atoms with Crippen LogP contribution < -0.4 is 14.2 Å². The third-order valence-corrected chi connectivity index (χ3v) is 5.67. The third-order valence-electron chi connectivity index (χ3n) is 5.67. The molecule has 0 N–H and O–H groups in total. The van der Waals surface area contributed by atoms with E-state index in [0.717, 1.165) is 46.2 Å². The van der Waals surface area contributed by atoms with E-state index in [1.165, 1.54) is 5.56 Å². The van der Waals surface area contributed by atoms with E-state index in [0.29, 0.717) is 18.9 Å². The molecule has 0 fully saturated rings. The fourth-order valence-corrected chi connectivity index (χ4v) is 3.89. The second kappa shape index (κ2) is 9.77. The van der Waals surface area contributed by atoms with Crippen LogP contribution in [0.5, 0.6) is 17.2 Å². The summed E-state index contributed by atoms with van der Waals surface area (Å²) in [6.07, 6.45) is 0.693. The van der Waals surface area contributed by atoms with Gasteiger partial charge < -0.3 is 18.8 Å². The molecule has 4 aromatic rings. The Morgan fingerprint density at radius 1 is 0.875 bits per heavy atom. The maximum atomic E-state index is 6.05. The van der Waals surface area contributed by atoms with Gasteiger partial charge in [0.25, 0.3) is 0 Å². The van der Waals surface area contributed by atoms with Crippen molar-refractivity contribution in [3.05, 3.63) is 83.7 Å². The summed E-state index contributed by atoms with van der Waals surface area (Å²) in [5.41, 5.74) is 4.53. The van der Waals surface area contributed by atoms with E-state index in [1.807, 2.05) is 36.4 Å². The van der Waals surface area contributed by atoms with E-state index in [-0.39, 0.29) is 0 Å². The number of para-hydroxylation sites is 2. The van der Waals surface area contributed by atoms with Crippen molar-refractivity contribution in [1.82, 2.24) is 9.55 Å². The van der Waals surface area contributed by atoms with Gasteiger partial charge in [-0.25, -0.2) is 4.98 Å². The normalized spacial score (nSPS) is 11.2. The van der Waals surface area contributed by atoms with Gasteiger partial charge in [0.2, 0.25) is 0 Å². The maximum absolute atomic E-state index is 6.05. The standard InChI is InChI=1S/C27H30N2O3/c1-19(2)21-10-12-22(13-11-21)32-16-15-29-24-8-6-5-7-23(24)28-27(29)18-20-9-14-25(30-3)26(17-20)31-4/h5-14,17,19H,15-16,18H2,1-4H3. The SMILES string of the molecule is COc1ccc(Cc2nc3ccccc3n2CCOc2ccc(C(C)C)cc2)cc1OC. The fraction of sp³-hybridized carbons (Fsp3) is 0.296. The van der Waals surface area contributed by atoms with Gasteiger partial charge in [-0.3, -0.25) is 0 Å². The van der Waals surface area contributed by atoms with Crippen LogP contribution in [0.25, 0.3) is 11.0 Å². The summed E-state index contributed by atoms with van der Waals surface area (Å²) in [6, 6.07) is 22.6. The van der Waals surface area contributed by atoms with Gasteiger partial charge in [0.05, 0.1) is 31.8 Å². The molecule has 0 spiro atoms. The maximum Gasteiger partial charge on any atom is 0.161 e. The number of imidazole rings is 1. The average Bonchev–Trinajstić information content (AvgIpc) is 3.16. The average molecular weight is 431 g/mol. The van der Waals surface area contributed by atoms with Crippen LogP contribution in [0.2, 0.25) is 0 Å². The second-order valence-electron chi connectivity index (χ2n) is 8.11. The molecule has 4 rings (SSSR count). The van der Waals surface area contributed by atoms with Gasteiger partial charge in [0, 0.05) is 6.42 Å². The molecule has 0 atom stereocenters. The Kier molecular flexibility index (Phi) is 6.64. The molecule has 5 heteroatoms.